The molecule has 15 heavy (non-hydrogen) atoms. The summed E-state index contributed by atoms with van der Waals surface area (Å²) in [5.74, 6) is 0.953. The van der Waals surface area contributed by atoms with Crippen molar-refractivity contribution < 1.29 is 0 Å². The summed E-state index contributed by atoms with van der Waals surface area (Å²) in [6.45, 7) is 2.76. The molecule has 0 aromatic carbocycles. The van der Waals surface area contributed by atoms with E-state index in [-0.39, 0.29) is 5.38 Å². The second-order valence-corrected chi connectivity index (χ2v) is 5.14. The number of fused-ring (bicyclic) bond motifs is 1. The van der Waals surface area contributed by atoms with Crippen LogP contribution in [0.15, 0.2) is 17.8 Å². The fourth-order valence-electron chi connectivity index (χ4n) is 1.54. The van der Waals surface area contributed by atoms with Crippen LogP contribution in [-0.2, 0) is 0 Å². The maximum atomic E-state index is 5.97. The molecule has 0 aliphatic heterocycles. The van der Waals surface area contributed by atoms with Crippen molar-refractivity contribution >= 4 is 39.0 Å². The topological polar surface area (TPSA) is 29.0 Å². The minimum atomic E-state index is 0.110. The summed E-state index contributed by atoms with van der Waals surface area (Å²) in [7, 11) is 2.00. The van der Waals surface area contributed by atoms with E-state index in [0.717, 1.165) is 22.6 Å². The van der Waals surface area contributed by atoms with Crippen LogP contribution in [0.2, 0.25) is 0 Å². The lowest BCUT2D eigenvalue weighted by atomic mass is 10.3. The van der Waals surface area contributed by atoms with Gasteiger partial charge in [-0.15, -0.1) is 22.9 Å². The van der Waals surface area contributed by atoms with Crippen molar-refractivity contribution in [2.75, 3.05) is 18.5 Å². The number of thiophene rings is 1. The lowest BCUT2D eigenvalue weighted by Crippen LogP contribution is -2.25. The lowest BCUT2D eigenvalue weighted by molar-refractivity contribution is 0.847. The highest BCUT2D eigenvalue weighted by Crippen LogP contribution is 2.26. The first kappa shape index (κ1) is 10.6. The van der Waals surface area contributed by atoms with Gasteiger partial charge < -0.3 is 4.90 Å². The molecule has 80 valence electrons. The smallest absolute Gasteiger partial charge is 0.140 e. The Morgan fingerprint density at radius 3 is 3.07 bits per heavy atom. The van der Waals surface area contributed by atoms with Crippen molar-refractivity contribution in [2.24, 2.45) is 0 Å². The maximum absolute atomic E-state index is 5.97. The minimum absolute atomic E-state index is 0.110. The van der Waals surface area contributed by atoms with E-state index in [0.29, 0.717) is 0 Å². The quantitative estimate of drug-likeness (QED) is 0.774. The Kier molecular flexibility index (Phi) is 3.07. The van der Waals surface area contributed by atoms with Gasteiger partial charge in [-0.05, 0) is 18.4 Å². The van der Waals surface area contributed by atoms with Crippen molar-refractivity contribution in [3.63, 3.8) is 0 Å². The average Bonchev–Trinajstić information content (AvgIpc) is 2.63. The number of anilines is 1. The molecule has 1 unspecified atom stereocenters. The highest BCUT2D eigenvalue weighted by molar-refractivity contribution is 7.16. The lowest BCUT2D eigenvalue weighted by Gasteiger charge is -2.19. The molecule has 5 heteroatoms. The Balaban J connectivity index is 2.38. The van der Waals surface area contributed by atoms with Gasteiger partial charge in [-0.1, -0.05) is 0 Å². The molecule has 0 aliphatic carbocycles. The molecule has 0 N–H and O–H groups in total. The summed E-state index contributed by atoms with van der Waals surface area (Å²) in [6.07, 6.45) is 1.60. The van der Waals surface area contributed by atoms with Crippen LogP contribution >= 0.6 is 22.9 Å². The van der Waals surface area contributed by atoms with Gasteiger partial charge in [-0.25, -0.2) is 9.97 Å². The van der Waals surface area contributed by atoms with Gasteiger partial charge in [0.25, 0.3) is 0 Å². The van der Waals surface area contributed by atoms with Crippen molar-refractivity contribution in [2.45, 2.75) is 12.3 Å². The Hall–Kier alpha value is -0.870. The minimum Gasteiger partial charge on any atom is -0.358 e. The first-order valence-electron chi connectivity index (χ1n) is 4.72. The van der Waals surface area contributed by atoms with Crippen LogP contribution < -0.4 is 4.90 Å². The van der Waals surface area contributed by atoms with E-state index in [1.807, 2.05) is 25.4 Å². The van der Waals surface area contributed by atoms with Gasteiger partial charge in [0.15, 0.2) is 0 Å². The summed E-state index contributed by atoms with van der Waals surface area (Å²) >= 11 is 7.59. The van der Waals surface area contributed by atoms with Gasteiger partial charge in [-0.2, -0.15) is 0 Å². The monoisotopic (exact) mass is 241 g/mol. The van der Waals surface area contributed by atoms with Gasteiger partial charge in [0.1, 0.15) is 17.0 Å². The number of nitrogens with zero attached hydrogens (tertiary/aromatic N) is 3. The summed E-state index contributed by atoms with van der Waals surface area (Å²) in [4.78, 5) is 11.6. The maximum Gasteiger partial charge on any atom is 0.140 e. The third-order valence-electron chi connectivity index (χ3n) is 2.13. The number of hydrogen-bond donors (Lipinski definition) is 0. The Bertz CT molecular complexity index is 455. The molecule has 2 rings (SSSR count). The fraction of sp³-hybridized carbons (Fsp3) is 0.400. The average molecular weight is 242 g/mol. The zero-order chi connectivity index (χ0) is 10.8. The van der Waals surface area contributed by atoms with Gasteiger partial charge >= 0.3 is 0 Å². The first-order chi connectivity index (χ1) is 7.18. The van der Waals surface area contributed by atoms with Crippen LogP contribution in [0.4, 0.5) is 5.82 Å². The Morgan fingerprint density at radius 1 is 1.53 bits per heavy atom. The second kappa shape index (κ2) is 4.33. The first-order valence-corrected chi connectivity index (χ1v) is 6.03. The molecular weight excluding hydrogens is 230 g/mol. The summed E-state index contributed by atoms with van der Waals surface area (Å²) in [5, 5.41) is 3.24. The van der Waals surface area contributed by atoms with E-state index in [2.05, 4.69) is 14.9 Å². The fourth-order valence-corrected chi connectivity index (χ4v) is 2.48. The largest absolute Gasteiger partial charge is 0.358 e. The van der Waals surface area contributed by atoms with E-state index in [1.165, 1.54) is 0 Å². The molecule has 0 saturated heterocycles. The van der Waals surface area contributed by atoms with Gasteiger partial charge in [0.05, 0.1) is 5.39 Å². The van der Waals surface area contributed by atoms with Crippen molar-refractivity contribution in [1.29, 1.82) is 0 Å². The number of alkyl halides is 1. The molecule has 1 atom stereocenters. The van der Waals surface area contributed by atoms with Crippen LogP contribution in [0, 0.1) is 0 Å². The normalized spacial score (nSPS) is 13.0. The molecule has 3 nitrogen and oxygen atoms in total. The third-order valence-corrected chi connectivity index (χ3v) is 3.09. The summed E-state index contributed by atoms with van der Waals surface area (Å²) < 4.78 is 0. The number of rotatable bonds is 3. The summed E-state index contributed by atoms with van der Waals surface area (Å²) in [5.41, 5.74) is 0. The number of hydrogen-bond acceptors (Lipinski definition) is 4. The SMILES string of the molecule is CC(Cl)CN(C)c1ncnc2sccc12. The highest BCUT2D eigenvalue weighted by atomic mass is 35.5. The van der Waals surface area contributed by atoms with Crippen LogP contribution in [-0.4, -0.2) is 28.9 Å². The molecule has 0 saturated carbocycles. The molecular formula is C10H12ClN3S. The molecule has 2 aromatic heterocycles. The number of halogens is 1. The van der Waals surface area contributed by atoms with Crippen molar-refractivity contribution in [1.82, 2.24) is 9.97 Å². The molecule has 0 radical (unpaired) electrons. The molecule has 0 spiro atoms. The van der Waals surface area contributed by atoms with Gasteiger partial charge in [-0.3, -0.25) is 0 Å². The van der Waals surface area contributed by atoms with Crippen molar-refractivity contribution in [3.05, 3.63) is 17.8 Å². The summed E-state index contributed by atoms with van der Waals surface area (Å²) in [6, 6.07) is 2.05. The molecule has 2 aromatic rings. The van der Waals surface area contributed by atoms with E-state index >= 15 is 0 Å². The van der Waals surface area contributed by atoms with Crippen molar-refractivity contribution in [3.8, 4) is 0 Å². The van der Waals surface area contributed by atoms with E-state index in [4.69, 9.17) is 11.6 Å². The second-order valence-electron chi connectivity index (χ2n) is 3.50. The van der Waals surface area contributed by atoms with Crippen LogP contribution in [0.1, 0.15) is 6.92 Å². The highest BCUT2D eigenvalue weighted by Gasteiger charge is 2.10. The van der Waals surface area contributed by atoms with E-state index < -0.39 is 0 Å². The Morgan fingerprint density at radius 2 is 2.33 bits per heavy atom. The molecule has 2 heterocycles. The van der Waals surface area contributed by atoms with Crippen LogP contribution in [0.3, 0.4) is 0 Å². The van der Waals surface area contributed by atoms with Gasteiger partial charge in [0.2, 0.25) is 0 Å². The standard InChI is InChI=1S/C10H12ClN3S/c1-7(11)5-14(2)9-8-3-4-15-10(8)13-6-12-9/h3-4,6-7H,5H2,1-2H3. The van der Waals surface area contributed by atoms with Gasteiger partial charge in [0, 0.05) is 19.0 Å². The molecule has 0 amide bonds. The number of aromatic nitrogens is 2. The molecule has 0 bridgehead atoms. The van der Waals surface area contributed by atoms with E-state index in [1.54, 1.807) is 17.7 Å². The zero-order valence-electron chi connectivity index (χ0n) is 8.64. The predicted molar refractivity (Wildman–Crippen MR) is 66.0 cm³/mol. The third kappa shape index (κ3) is 2.21. The predicted octanol–water partition coefficient (Wildman–Crippen LogP) is 2.75. The van der Waals surface area contributed by atoms with Crippen LogP contribution in [0.25, 0.3) is 10.2 Å². The Labute approximate surface area is 97.7 Å². The van der Waals surface area contributed by atoms with Crippen LogP contribution in [0.5, 0.6) is 0 Å². The zero-order valence-corrected chi connectivity index (χ0v) is 10.2. The van der Waals surface area contributed by atoms with E-state index in [9.17, 15) is 0 Å². The molecule has 0 fully saturated rings. The molecule has 0 aliphatic rings.